The lowest BCUT2D eigenvalue weighted by molar-refractivity contribution is 0.194. The van der Waals surface area contributed by atoms with Crippen molar-refractivity contribution in [3.8, 4) is 0 Å². The van der Waals surface area contributed by atoms with Crippen LogP contribution in [-0.4, -0.2) is 36.4 Å². The predicted molar refractivity (Wildman–Crippen MR) is 59.2 cm³/mol. The van der Waals surface area contributed by atoms with Crippen LogP contribution >= 0.6 is 0 Å². The first-order chi connectivity index (χ1) is 7.88. The Hall–Kier alpha value is -0.940. The van der Waals surface area contributed by atoms with E-state index in [2.05, 4.69) is 15.5 Å². The fourth-order valence-electron chi connectivity index (χ4n) is 1.54. The van der Waals surface area contributed by atoms with Gasteiger partial charge < -0.3 is 14.6 Å². The van der Waals surface area contributed by atoms with Crippen molar-refractivity contribution in [2.45, 2.75) is 38.1 Å². The van der Waals surface area contributed by atoms with Gasteiger partial charge in [-0.25, -0.2) is 0 Å². The van der Waals surface area contributed by atoms with Gasteiger partial charge in [-0.05, 0) is 19.3 Å². The number of ether oxygens (including phenoxy) is 1. The van der Waals surface area contributed by atoms with E-state index in [4.69, 9.17) is 9.26 Å². The van der Waals surface area contributed by atoms with Crippen molar-refractivity contribution in [1.29, 1.82) is 0 Å². The Morgan fingerprint density at radius 1 is 1.44 bits per heavy atom. The van der Waals surface area contributed by atoms with Crippen LogP contribution in [-0.2, 0) is 17.6 Å². The van der Waals surface area contributed by atoms with Crippen LogP contribution in [0.4, 0.5) is 0 Å². The summed E-state index contributed by atoms with van der Waals surface area (Å²) in [4.78, 5) is 4.33. The molecule has 5 heteroatoms. The normalized spacial score (nSPS) is 15.6. The summed E-state index contributed by atoms with van der Waals surface area (Å²) in [6.45, 7) is 1.68. The van der Waals surface area contributed by atoms with E-state index in [0.29, 0.717) is 0 Å². The number of methoxy groups -OCH3 is 1. The van der Waals surface area contributed by atoms with E-state index in [1.54, 1.807) is 7.11 Å². The smallest absolute Gasteiger partial charge is 0.227 e. The van der Waals surface area contributed by atoms with Gasteiger partial charge in [0.1, 0.15) is 0 Å². The van der Waals surface area contributed by atoms with Crippen LogP contribution in [0.1, 0.15) is 31.0 Å². The lowest BCUT2D eigenvalue weighted by atomic mass is 10.3. The Balaban J connectivity index is 1.64. The molecule has 1 aromatic heterocycles. The molecule has 2 rings (SSSR count). The zero-order chi connectivity index (χ0) is 11.2. The summed E-state index contributed by atoms with van der Waals surface area (Å²) in [7, 11) is 1.70. The van der Waals surface area contributed by atoms with Crippen molar-refractivity contribution >= 4 is 0 Å². The predicted octanol–water partition coefficient (Wildman–Crippen LogP) is 0.943. The first kappa shape index (κ1) is 11.5. The largest absolute Gasteiger partial charge is 0.385 e. The van der Waals surface area contributed by atoms with Crippen LogP contribution in [0.25, 0.3) is 0 Å². The molecule has 16 heavy (non-hydrogen) atoms. The summed E-state index contributed by atoms with van der Waals surface area (Å²) in [6.07, 6.45) is 5.22. The molecule has 5 nitrogen and oxygen atoms in total. The number of hydrogen-bond donors (Lipinski definition) is 1. The third kappa shape index (κ3) is 3.90. The third-order valence-corrected chi connectivity index (χ3v) is 2.61. The monoisotopic (exact) mass is 225 g/mol. The summed E-state index contributed by atoms with van der Waals surface area (Å²) in [5, 5.41) is 7.35. The van der Waals surface area contributed by atoms with Gasteiger partial charge in [-0.15, -0.1) is 0 Å². The molecular weight excluding hydrogens is 206 g/mol. The van der Waals surface area contributed by atoms with Gasteiger partial charge in [0.25, 0.3) is 0 Å². The summed E-state index contributed by atoms with van der Waals surface area (Å²) in [6, 6.07) is 0.740. The fraction of sp³-hybridized carbons (Fsp3) is 0.818. The molecule has 1 N–H and O–H groups in total. The van der Waals surface area contributed by atoms with E-state index in [9.17, 15) is 0 Å². The topological polar surface area (TPSA) is 60.2 Å². The molecule has 1 fully saturated rings. The van der Waals surface area contributed by atoms with E-state index in [-0.39, 0.29) is 0 Å². The number of nitrogens with one attached hydrogen (secondary N) is 1. The Morgan fingerprint density at radius 3 is 3.06 bits per heavy atom. The zero-order valence-corrected chi connectivity index (χ0v) is 9.74. The zero-order valence-electron chi connectivity index (χ0n) is 9.74. The summed E-state index contributed by atoms with van der Waals surface area (Å²) in [5.74, 6) is 1.53. The number of aromatic nitrogens is 2. The van der Waals surface area contributed by atoms with Gasteiger partial charge in [0.2, 0.25) is 5.89 Å². The van der Waals surface area contributed by atoms with Crippen LogP contribution < -0.4 is 5.32 Å². The van der Waals surface area contributed by atoms with Crippen LogP contribution in [0.2, 0.25) is 0 Å². The van der Waals surface area contributed by atoms with Gasteiger partial charge >= 0.3 is 0 Å². The molecule has 0 unspecified atom stereocenters. The maximum absolute atomic E-state index is 5.16. The number of nitrogens with zero attached hydrogens (tertiary/aromatic N) is 2. The molecular formula is C11H19N3O2. The molecule has 0 radical (unpaired) electrons. The highest BCUT2D eigenvalue weighted by Gasteiger charge is 2.20. The van der Waals surface area contributed by atoms with Gasteiger partial charge in [-0.1, -0.05) is 5.16 Å². The van der Waals surface area contributed by atoms with Crippen LogP contribution in [0.15, 0.2) is 4.52 Å². The van der Waals surface area contributed by atoms with E-state index < -0.39 is 0 Å². The Kier molecular flexibility index (Phi) is 4.30. The minimum absolute atomic E-state index is 0.737. The summed E-state index contributed by atoms with van der Waals surface area (Å²) in [5.41, 5.74) is 0. The number of hydrogen-bond acceptors (Lipinski definition) is 5. The highest BCUT2D eigenvalue weighted by Crippen LogP contribution is 2.18. The molecule has 0 bridgehead atoms. The number of rotatable bonds is 8. The van der Waals surface area contributed by atoms with Crippen molar-refractivity contribution in [3.63, 3.8) is 0 Å². The average Bonchev–Trinajstić information content (AvgIpc) is 2.99. The van der Waals surface area contributed by atoms with Crippen molar-refractivity contribution in [3.05, 3.63) is 11.7 Å². The Bertz CT molecular complexity index is 310. The van der Waals surface area contributed by atoms with Crippen LogP contribution in [0.5, 0.6) is 0 Å². The van der Waals surface area contributed by atoms with E-state index in [1.807, 2.05) is 0 Å². The van der Waals surface area contributed by atoms with Crippen molar-refractivity contribution < 1.29 is 9.26 Å². The molecule has 0 atom stereocenters. The highest BCUT2D eigenvalue weighted by atomic mass is 16.5. The van der Waals surface area contributed by atoms with Crippen molar-refractivity contribution in [1.82, 2.24) is 15.5 Å². The second kappa shape index (κ2) is 5.96. The van der Waals surface area contributed by atoms with E-state index in [1.165, 1.54) is 12.8 Å². The average molecular weight is 225 g/mol. The molecule has 0 aliphatic heterocycles. The quantitative estimate of drug-likeness (QED) is 0.667. The maximum atomic E-state index is 5.16. The molecule has 90 valence electrons. The lowest BCUT2D eigenvalue weighted by Gasteiger charge is -1.97. The molecule has 1 aliphatic rings. The summed E-state index contributed by atoms with van der Waals surface area (Å²) >= 11 is 0. The highest BCUT2D eigenvalue weighted by molar-refractivity contribution is 4.88. The standard InChI is InChI=1S/C11H19N3O2/c1-15-8-2-3-10-13-11(16-14-10)6-7-12-9-4-5-9/h9,12H,2-8H2,1H3. The first-order valence-corrected chi connectivity index (χ1v) is 5.92. The van der Waals surface area contributed by atoms with Crippen LogP contribution in [0.3, 0.4) is 0 Å². The minimum Gasteiger partial charge on any atom is -0.385 e. The second-order valence-electron chi connectivity index (χ2n) is 4.18. The molecule has 0 aromatic carbocycles. The Labute approximate surface area is 95.6 Å². The molecule has 1 saturated carbocycles. The minimum atomic E-state index is 0.737. The van der Waals surface area contributed by atoms with Gasteiger partial charge in [-0.3, -0.25) is 0 Å². The van der Waals surface area contributed by atoms with Gasteiger partial charge in [0.15, 0.2) is 5.82 Å². The SMILES string of the molecule is COCCCc1noc(CCNC2CC2)n1. The molecule has 1 heterocycles. The number of aryl methyl sites for hydroxylation is 1. The van der Waals surface area contributed by atoms with Gasteiger partial charge in [-0.2, -0.15) is 4.98 Å². The van der Waals surface area contributed by atoms with Crippen LogP contribution in [0, 0.1) is 0 Å². The molecule has 0 amide bonds. The molecule has 1 aromatic rings. The molecule has 1 aliphatic carbocycles. The van der Waals surface area contributed by atoms with Gasteiger partial charge in [0.05, 0.1) is 0 Å². The van der Waals surface area contributed by atoms with Crippen molar-refractivity contribution in [2.24, 2.45) is 0 Å². The van der Waals surface area contributed by atoms with Gasteiger partial charge in [0, 0.05) is 39.1 Å². The molecule has 0 spiro atoms. The van der Waals surface area contributed by atoms with Crippen molar-refractivity contribution in [2.75, 3.05) is 20.3 Å². The Morgan fingerprint density at radius 2 is 2.31 bits per heavy atom. The third-order valence-electron chi connectivity index (χ3n) is 2.61. The molecule has 0 saturated heterocycles. The second-order valence-corrected chi connectivity index (χ2v) is 4.18. The summed E-state index contributed by atoms with van der Waals surface area (Å²) < 4.78 is 10.1. The van der Waals surface area contributed by atoms with E-state index in [0.717, 1.165) is 50.2 Å². The maximum Gasteiger partial charge on any atom is 0.227 e. The lowest BCUT2D eigenvalue weighted by Crippen LogP contribution is -2.19. The first-order valence-electron chi connectivity index (χ1n) is 5.92. The fourth-order valence-corrected chi connectivity index (χ4v) is 1.54. The van der Waals surface area contributed by atoms with E-state index >= 15 is 0 Å².